The molecule has 0 saturated heterocycles. The van der Waals surface area contributed by atoms with Crippen LogP contribution in [0.1, 0.15) is 34.6 Å². The standard InChI is InChI=1S/C32H33N3O3S/c1-23-7-5-6-10-29(23)27-15-17-28(18-16-27)39(37,38)35(31-19-30(31)26-8-3-2-4-9-26)22-32(36)34-21-25-13-11-24(20-33)12-14-25/h2-18,30-31H,19-22,33H2,1H3,(H,34,36). The molecule has 1 aliphatic rings. The second-order valence-corrected chi connectivity index (χ2v) is 11.9. The highest BCUT2D eigenvalue weighted by Crippen LogP contribution is 2.46. The van der Waals surface area contributed by atoms with Crippen LogP contribution >= 0.6 is 0 Å². The number of nitrogens with one attached hydrogen (secondary N) is 1. The van der Waals surface area contributed by atoms with Crippen molar-refractivity contribution in [3.63, 3.8) is 0 Å². The van der Waals surface area contributed by atoms with Crippen LogP contribution in [0.5, 0.6) is 0 Å². The minimum absolute atomic E-state index is 0.0591. The number of nitrogens with two attached hydrogens (primary N) is 1. The van der Waals surface area contributed by atoms with E-state index >= 15 is 0 Å². The number of amides is 1. The molecule has 6 nitrogen and oxygen atoms in total. The van der Waals surface area contributed by atoms with E-state index < -0.39 is 10.0 Å². The minimum Gasteiger partial charge on any atom is -0.351 e. The van der Waals surface area contributed by atoms with Crippen molar-refractivity contribution in [2.45, 2.75) is 43.3 Å². The number of benzene rings is 4. The molecule has 3 N–H and O–H groups in total. The Morgan fingerprint density at radius 3 is 2.18 bits per heavy atom. The van der Waals surface area contributed by atoms with Crippen LogP contribution in [0, 0.1) is 6.92 Å². The topological polar surface area (TPSA) is 92.5 Å². The van der Waals surface area contributed by atoms with Crippen LogP contribution in [0.4, 0.5) is 0 Å². The largest absolute Gasteiger partial charge is 0.351 e. The van der Waals surface area contributed by atoms with Gasteiger partial charge in [0.05, 0.1) is 11.4 Å². The monoisotopic (exact) mass is 539 g/mol. The first kappa shape index (κ1) is 26.8. The molecule has 1 amide bonds. The molecule has 1 aliphatic carbocycles. The predicted molar refractivity (Wildman–Crippen MR) is 154 cm³/mol. The summed E-state index contributed by atoms with van der Waals surface area (Å²) in [5, 5.41) is 2.89. The Kier molecular flexibility index (Phi) is 7.93. The predicted octanol–water partition coefficient (Wildman–Crippen LogP) is 4.98. The summed E-state index contributed by atoms with van der Waals surface area (Å²) < 4.78 is 29.2. The fourth-order valence-corrected chi connectivity index (χ4v) is 6.60. The minimum atomic E-state index is -3.92. The molecule has 0 radical (unpaired) electrons. The molecule has 4 aromatic rings. The third-order valence-corrected chi connectivity index (χ3v) is 9.20. The van der Waals surface area contributed by atoms with E-state index in [1.165, 1.54) is 4.31 Å². The van der Waals surface area contributed by atoms with Crippen molar-refractivity contribution in [2.24, 2.45) is 5.73 Å². The molecule has 4 aromatic carbocycles. The van der Waals surface area contributed by atoms with E-state index in [0.29, 0.717) is 19.5 Å². The number of hydrogen-bond acceptors (Lipinski definition) is 4. The number of sulfonamides is 1. The lowest BCUT2D eigenvalue weighted by atomic mass is 10.0. The Labute approximate surface area is 230 Å². The lowest BCUT2D eigenvalue weighted by molar-refractivity contribution is -0.121. The number of hydrogen-bond donors (Lipinski definition) is 2. The summed E-state index contributed by atoms with van der Waals surface area (Å²) in [6.45, 7) is 2.56. The maximum atomic E-state index is 13.9. The number of rotatable bonds is 10. The van der Waals surface area contributed by atoms with E-state index in [9.17, 15) is 13.2 Å². The summed E-state index contributed by atoms with van der Waals surface area (Å²) in [5.74, 6) is -0.277. The molecule has 0 aromatic heterocycles. The van der Waals surface area contributed by atoms with Gasteiger partial charge >= 0.3 is 0 Å². The summed E-state index contributed by atoms with van der Waals surface area (Å²) in [4.78, 5) is 13.2. The van der Waals surface area contributed by atoms with Gasteiger partial charge in [-0.15, -0.1) is 0 Å². The van der Waals surface area contributed by atoms with Crippen molar-refractivity contribution < 1.29 is 13.2 Å². The van der Waals surface area contributed by atoms with E-state index in [0.717, 1.165) is 33.4 Å². The molecule has 0 spiro atoms. The van der Waals surface area contributed by atoms with Crippen LogP contribution in [0.3, 0.4) is 0 Å². The first-order valence-corrected chi connectivity index (χ1v) is 14.6. The van der Waals surface area contributed by atoms with Crippen molar-refractivity contribution in [3.05, 3.63) is 125 Å². The quantitative estimate of drug-likeness (QED) is 0.297. The van der Waals surface area contributed by atoms with Crippen LogP contribution in [0.15, 0.2) is 108 Å². The van der Waals surface area contributed by atoms with Gasteiger partial charge < -0.3 is 11.1 Å². The van der Waals surface area contributed by atoms with Gasteiger partial charge in [-0.2, -0.15) is 4.31 Å². The van der Waals surface area contributed by atoms with E-state index in [2.05, 4.69) is 5.32 Å². The Bertz CT molecular complexity index is 1540. The Morgan fingerprint density at radius 2 is 1.51 bits per heavy atom. The smallest absolute Gasteiger partial charge is 0.243 e. The molecule has 0 aliphatic heterocycles. The summed E-state index contributed by atoms with van der Waals surface area (Å²) in [7, 11) is -3.92. The fraction of sp³-hybridized carbons (Fsp3) is 0.219. The highest BCUT2D eigenvalue weighted by atomic mass is 32.2. The lowest BCUT2D eigenvalue weighted by Crippen LogP contribution is -2.42. The molecule has 2 unspecified atom stereocenters. The van der Waals surface area contributed by atoms with Gasteiger partial charge in [0.2, 0.25) is 15.9 Å². The van der Waals surface area contributed by atoms with Crippen molar-refractivity contribution >= 4 is 15.9 Å². The van der Waals surface area contributed by atoms with Crippen molar-refractivity contribution in [2.75, 3.05) is 6.54 Å². The molecule has 39 heavy (non-hydrogen) atoms. The number of carbonyl (C=O) groups excluding carboxylic acids is 1. The summed E-state index contributed by atoms with van der Waals surface area (Å²) in [6.07, 6.45) is 0.679. The average Bonchev–Trinajstić information content (AvgIpc) is 3.76. The zero-order valence-corrected chi connectivity index (χ0v) is 22.8. The van der Waals surface area contributed by atoms with Gasteiger partial charge in [0.1, 0.15) is 0 Å². The SMILES string of the molecule is Cc1ccccc1-c1ccc(S(=O)(=O)N(CC(=O)NCc2ccc(CN)cc2)C2CC2c2ccccc2)cc1. The molecule has 0 heterocycles. The maximum Gasteiger partial charge on any atom is 0.243 e. The zero-order chi connectivity index (χ0) is 27.4. The second kappa shape index (κ2) is 11.5. The Balaban J connectivity index is 1.36. The van der Waals surface area contributed by atoms with E-state index in [4.69, 9.17) is 5.73 Å². The normalized spacial score (nSPS) is 16.7. The summed E-state index contributed by atoms with van der Waals surface area (Å²) in [6, 6.07) is 32.2. The zero-order valence-electron chi connectivity index (χ0n) is 22.0. The molecule has 1 fully saturated rings. The number of nitrogens with zero attached hydrogens (tertiary/aromatic N) is 1. The van der Waals surface area contributed by atoms with E-state index in [-0.39, 0.29) is 29.3 Å². The first-order chi connectivity index (χ1) is 18.9. The fourth-order valence-electron chi connectivity index (χ4n) is 4.97. The molecule has 0 bridgehead atoms. The lowest BCUT2D eigenvalue weighted by Gasteiger charge is -2.23. The van der Waals surface area contributed by atoms with Gasteiger partial charge in [-0.3, -0.25) is 4.79 Å². The van der Waals surface area contributed by atoms with Gasteiger partial charge in [0, 0.05) is 25.0 Å². The molecule has 7 heteroatoms. The second-order valence-electron chi connectivity index (χ2n) is 10.0. The van der Waals surface area contributed by atoms with Crippen molar-refractivity contribution in [1.82, 2.24) is 9.62 Å². The van der Waals surface area contributed by atoms with Gasteiger partial charge in [-0.05, 0) is 58.9 Å². The molecule has 5 rings (SSSR count). The van der Waals surface area contributed by atoms with E-state index in [1.807, 2.05) is 97.9 Å². The highest BCUT2D eigenvalue weighted by molar-refractivity contribution is 7.89. The maximum absolute atomic E-state index is 13.9. The van der Waals surface area contributed by atoms with Gasteiger partial charge in [-0.25, -0.2) is 8.42 Å². The van der Waals surface area contributed by atoms with Crippen LogP contribution < -0.4 is 11.1 Å². The van der Waals surface area contributed by atoms with Crippen LogP contribution in [-0.4, -0.2) is 31.2 Å². The molecule has 1 saturated carbocycles. The number of carbonyl (C=O) groups is 1. The van der Waals surface area contributed by atoms with Gasteiger partial charge in [-0.1, -0.05) is 91.0 Å². The van der Waals surface area contributed by atoms with Crippen molar-refractivity contribution in [3.8, 4) is 11.1 Å². The van der Waals surface area contributed by atoms with Crippen LogP contribution in [0.2, 0.25) is 0 Å². The van der Waals surface area contributed by atoms with Gasteiger partial charge in [0.15, 0.2) is 0 Å². The first-order valence-electron chi connectivity index (χ1n) is 13.1. The molecule has 2 atom stereocenters. The van der Waals surface area contributed by atoms with E-state index in [1.54, 1.807) is 12.1 Å². The van der Waals surface area contributed by atoms with Gasteiger partial charge in [0.25, 0.3) is 0 Å². The Morgan fingerprint density at radius 1 is 0.872 bits per heavy atom. The third kappa shape index (κ3) is 6.11. The summed E-state index contributed by atoms with van der Waals surface area (Å²) in [5.41, 5.74) is 11.8. The summed E-state index contributed by atoms with van der Waals surface area (Å²) >= 11 is 0. The van der Waals surface area contributed by atoms with Crippen LogP contribution in [-0.2, 0) is 27.9 Å². The molecular weight excluding hydrogens is 506 g/mol. The molecule has 200 valence electrons. The third-order valence-electron chi connectivity index (χ3n) is 7.32. The highest BCUT2D eigenvalue weighted by Gasteiger charge is 2.48. The van der Waals surface area contributed by atoms with Crippen molar-refractivity contribution in [1.29, 1.82) is 0 Å². The average molecular weight is 540 g/mol. The number of aryl methyl sites for hydroxylation is 1. The Hall–Kier alpha value is -3.78. The molecular formula is C32H33N3O3S. The van der Waals surface area contributed by atoms with Crippen LogP contribution in [0.25, 0.3) is 11.1 Å².